The molecule has 7 heteroatoms. The normalized spacial score (nSPS) is 12.0. The van der Waals surface area contributed by atoms with Crippen molar-refractivity contribution >= 4 is 23.4 Å². The molecule has 0 bridgehead atoms. The largest absolute Gasteiger partial charge is 0.411 e. The van der Waals surface area contributed by atoms with Crippen molar-refractivity contribution in [3.8, 4) is 11.5 Å². The Kier molecular flexibility index (Phi) is 5.14. The summed E-state index contributed by atoms with van der Waals surface area (Å²) >= 11 is 1.23. The van der Waals surface area contributed by atoms with E-state index in [0.29, 0.717) is 11.1 Å². The van der Waals surface area contributed by atoms with Crippen molar-refractivity contribution in [3.05, 3.63) is 53.9 Å². The Hall–Kier alpha value is -2.67. The number of hydrogen-bond donors (Lipinski definition) is 1. The predicted octanol–water partition coefficient (Wildman–Crippen LogP) is 3.87. The van der Waals surface area contributed by atoms with Gasteiger partial charge in [0.15, 0.2) is 0 Å². The number of nitrogens with one attached hydrogen (secondary N) is 1. The molecule has 1 amide bonds. The minimum atomic E-state index is -0.371. The molecule has 128 valence electrons. The van der Waals surface area contributed by atoms with E-state index in [-0.39, 0.29) is 11.2 Å². The number of nitrogens with zero attached hydrogens (tertiary/aromatic N) is 3. The molecule has 1 aromatic carbocycles. The van der Waals surface area contributed by atoms with Crippen molar-refractivity contribution in [1.82, 2.24) is 15.2 Å². The first kappa shape index (κ1) is 17.2. The Labute approximate surface area is 150 Å². The number of aromatic nitrogens is 3. The van der Waals surface area contributed by atoms with E-state index in [2.05, 4.69) is 20.5 Å². The van der Waals surface area contributed by atoms with Gasteiger partial charge >= 0.3 is 0 Å². The van der Waals surface area contributed by atoms with Gasteiger partial charge in [0.1, 0.15) is 0 Å². The first-order valence-corrected chi connectivity index (χ1v) is 8.70. The van der Waals surface area contributed by atoms with Crippen molar-refractivity contribution in [2.75, 3.05) is 5.32 Å². The molecule has 3 aromatic rings. The van der Waals surface area contributed by atoms with E-state index in [9.17, 15) is 4.79 Å². The van der Waals surface area contributed by atoms with Crippen LogP contribution in [0.3, 0.4) is 0 Å². The molecule has 1 unspecified atom stereocenters. The lowest BCUT2D eigenvalue weighted by Crippen LogP contribution is -2.23. The zero-order valence-electron chi connectivity index (χ0n) is 14.2. The summed E-state index contributed by atoms with van der Waals surface area (Å²) in [4.78, 5) is 16.4. The molecule has 2 heterocycles. The maximum absolute atomic E-state index is 12.5. The lowest BCUT2D eigenvalue weighted by atomic mass is 10.1. The van der Waals surface area contributed by atoms with E-state index < -0.39 is 0 Å². The van der Waals surface area contributed by atoms with Crippen molar-refractivity contribution in [1.29, 1.82) is 0 Å². The fourth-order valence-corrected chi connectivity index (χ4v) is 2.99. The van der Waals surface area contributed by atoms with Gasteiger partial charge in [0.25, 0.3) is 5.22 Å². The fraction of sp³-hybridized carbons (Fsp3) is 0.222. The fourth-order valence-electron chi connectivity index (χ4n) is 2.31. The van der Waals surface area contributed by atoms with Crippen LogP contribution in [0.5, 0.6) is 0 Å². The number of carbonyl (C=O) groups excluding carboxylic acids is 1. The van der Waals surface area contributed by atoms with Gasteiger partial charge in [0, 0.05) is 23.6 Å². The smallest absolute Gasteiger partial charge is 0.277 e. The summed E-state index contributed by atoms with van der Waals surface area (Å²) in [6.07, 6.45) is 3.32. The topological polar surface area (TPSA) is 80.9 Å². The minimum absolute atomic E-state index is 0.105. The lowest BCUT2D eigenvalue weighted by molar-refractivity contribution is -0.115. The van der Waals surface area contributed by atoms with E-state index in [4.69, 9.17) is 4.42 Å². The molecule has 6 nitrogen and oxygen atoms in total. The number of rotatable bonds is 5. The Balaban J connectivity index is 1.67. The molecule has 2 aromatic heterocycles. The number of thioether (sulfide) groups is 1. The van der Waals surface area contributed by atoms with E-state index >= 15 is 0 Å². The third kappa shape index (κ3) is 4.06. The van der Waals surface area contributed by atoms with Gasteiger partial charge in [-0.05, 0) is 44.0 Å². The molecule has 0 radical (unpaired) electrons. The summed E-state index contributed by atoms with van der Waals surface area (Å²) in [5, 5.41) is 11.0. The summed E-state index contributed by atoms with van der Waals surface area (Å²) in [7, 11) is 0. The number of amides is 1. The third-order valence-electron chi connectivity index (χ3n) is 3.71. The highest BCUT2D eigenvalue weighted by molar-refractivity contribution is 8.00. The van der Waals surface area contributed by atoms with Gasteiger partial charge in [-0.25, -0.2) is 0 Å². The van der Waals surface area contributed by atoms with E-state index in [1.165, 1.54) is 11.8 Å². The van der Waals surface area contributed by atoms with Crippen LogP contribution in [-0.4, -0.2) is 26.3 Å². The SMILES string of the molecule is Cc1cccc(C)c1NC(=O)C(C)Sc1nnc(-c2ccncc2)o1. The van der Waals surface area contributed by atoms with E-state index in [1.54, 1.807) is 24.5 Å². The van der Waals surface area contributed by atoms with Crippen molar-refractivity contribution in [3.63, 3.8) is 0 Å². The molecule has 0 spiro atoms. The quantitative estimate of drug-likeness (QED) is 0.701. The molecule has 0 saturated carbocycles. The second-order valence-corrected chi connectivity index (χ2v) is 6.92. The number of anilines is 1. The Bertz CT molecular complexity index is 860. The summed E-state index contributed by atoms with van der Waals surface area (Å²) in [6.45, 7) is 5.75. The highest BCUT2D eigenvalue weighted by atomic mass is 32.2. The monoisotopic (exact) mass is 354 g/mol. The second-order valence-electron chi connectivity index (χ2n) is 5.63. The van der Waals surface area contributed by atoms with Crippen LogP contribution in [0.25, 0.3) is 11.5 Å². The van der Waals surface area contributed by atoms with Gasteiger partial charge < -0.3 is 9.73 Å². The van der Waals surface area contributed by atoms with E-state index in [0.717, 1.165) is 22.4 Å². The zero-order chi connectivity index (χ0) is 17.8. The number of para-hydroxylation sites is 1. The molecule has 0 saturated heterocycles. The summed E-state index contributed by atoms with van der Waals surface area (Å²) < 4.78 is 5.62. The molecular formula is C18H18N4O2S. The van der Waals surface area contributed by atoms with Gasteiger partial charge in [-0.2, -0.15) is 0 Å². The number of hydrogen-bond acceptors (Lipinski definition) is 6. The van der Waals surface area contributed by atoms with Gasteiger partial charge in [-0.15, -0.1) is 10.2 Å². The second kappa shape index (κ2) is 7.48. The van der Waals surface area contributed by atoms with Crippen LogP contribution in [0.4, 0.5) is 5.69 Å². The van der Waals surface area contributed by atoms with Crippen LogP contribution >= 0.6 is 11.8 Å². The highest BCUT2D eigenvalue weighted by Crippen LogP contribution is 2.27. The molecule has 0 aliphatic rings. The van der Waals surface area contributed by atoms with E-state index in [1.807, 2.05) is 39.0 Å². The van der Waals surface area contributed by atoms with Crippen LogP contribution in [0.15, 0.2) is 52.4 Å². The van der Waals surface area contributed by atoms with Crippen LogP contribution in [0, 0.1) is 13.8 Å². The Morgan fingerprint density at radius 3 is 2.48 bits per heavy atom. The lowest BCUT2D eigenvalue weighted by Gasteiger charge is -2.14. The maximum Gasteiger partial charge on any atom is 0.277 e. The Morgan fingerprint density at radius 2 is 1.80 bits per heavy atom. The first-order chi connectivity index (χ1) is 12.0. The third-order valence-corrected chi connectivity index (χ3v) is 4.64. The molecule has 0 aliphatic heterocycles. The standard InChI is InChI=1S/C18H18N4O2S/c1-11-5-4-6-12(2)15(11)20-16(23)13(3)25-18-22-21-17(24-18)14-7-9-19-10-8-14/h4-10,13H,1-3H3,(H,20,23). The van der Waals surface area contributed by atoms with Crippen LogP contribution in [0.1, 0.15) is 18.1 Å². The molecular weight excluding hydrogens is 336 g/mol. The van der Waals surface area contributed by atoms with Crippen molar-refractivity contribution in [2.45, 2.75) is 31.2 Å². The predicted molar refractivity (Wildman–Crippen MR) is 97.4 cm³/mol. The molecule has 0 fully saturated rings. The average Bonchev–Trinajstić information content (AvgIpc) is 3.07. The highest BCUT2D eigenvalue weighted by Gasteiger charge is 2.20. The summed E-state index contributed by atoms with van der Waals surface area (Å²) in [5.74, 6) is 0.304. The Morgan fingerprint density at radius 1 is 1.12 bits per heavy atom. The maximum atomic E-state index is 12.5. The number of benzene rings is 1. The van der Waals surface area contributed by atoms with Gasteiger partial charge in [-0.3, -0.25) is 9.78 Å². The van der Waals surface area contributed by atoms with Gasteiger partial charge in [-0.1, -0.05) is 30.0 Å². The molecule has 25 heavy (non-hydrogen) atoms. The minimum Gasteiger partial charge on any atom is -0.411 e. The zero-order valence-corrected chi connectivity index (χ0v) is 15.0. The molecule has 1 N–H and O–H groups in total. The summed E-state index contributed by atoms with van der Waals surface area (Å²) in [6, 6.07) is 9.49. The van der Waals surface area contributed by atoms with Crippen LogP contribution < -0.4 is 5.32 Å². The summed E-state index contributed by atoms with van der Waals surface area (Å²) in [5.41, 5.74) is 3.71. The number of carbonyl (C=O) groups is 1. The molecule has 0 aliphatic carbocycles. The first-order valence-electron chi connectivity index (χ1n) is 7.82. The average molecular weight is 354 g/mol. The van der Waals surface area contributed by atoms with Crippen molar-refractivity contribution < 1.29 is 9.21 Å². The van der Waals surface area contributed by atoms with Gasteiger partial charge in [0.05, 0.1) is 5.25 Å². The van der Waals surface area contributed by atoms with Crippen LogP contribution in [0.2, 0.25) is 0 Å². The molecule has 3 rings (SSSR count). The van der Waals surface area contributed by atoms with Crippen LogP contribution in [-0.2, 0) is 4.79 Å². The van der Waals surface area contributed by atoms with Crippen molar-refractivity contribution in [2.24, 2.45) is 0 Å². The number of pyridine rings is 1. The van der Waals surface area contributed by atoms with Gasteiger partial charge in [0.2, 0.25) is 11.8 Å². The molecule has 1 atom stereocenters. The number of aryl methyl sites for hydroxylation is 2.